The van der Waals surface area contributed by atoms with E-state index in [2.05, 4.69) is 10.5 Å². The van der Waals surface area contributed by atoms with Crippen LogP contribution in [0.15, 0.2) is 40.9 Å². The van der Waals surface area contributed by atoms with E-state index in [1.54, 1.807) is 0 Å². The normalized spacial score (nSPS) is 16.3. The Kier molecular flexibility index (Phi) is 4.54. The molecule has 4 rings (SSSR count). The van der Waals surface area contributed by atoms with Gasteiger partial charge in [0.15, 0.2) is 17.9 Å². The Morgan fingerprint density at radius 3 is 2.58 bits per heavy atom. The number of ether oxygens (including phenoxy) is 2. The van der Waals surface area contributed by atoms with Crippen molar-refractivity contribution >= 4 is 16.8 Å². The van der Waals surface area contributed by atoms with Crippen LogP contribution in [0.2, 0.25) is 0 Å². The molecular weight excluding hydrogens is 346 g/mol. The Bertz CT molecular complexity index is 910. The van der Waals surface area contributed by atoms with Crippen molar-refractivity contribution in [2.24, 2.45) is 0 Å². The smallest absolute Gasteiger partial charge is 0.207 e. The summed E-state index contributed by atoms with van der Waals surface area (Å²) in [5.74, 6) is -2.05. The first kappa shape index (κ1) is 16.9. The fourth-order valence-corrected chi connectivity index (χ4v) is 2.93. The van der Waals surface area contributed by atoms with Crippen LogP contribution in [0.25, 0.3) is 11.0 Å². The molecule has 2 N–H and O–H groups in total. The van der Waals surface area contributed by atoms with Gasteiger partial charge in [0.1, 0.15) is 0 Å². The maximum absolute atomic E-state index is 14.4. The monoisotopic (exact) mass is 362 g/mol. The molecule has 1 aliphatic rings. The molecule has 0 bridgehead atoms. The number of aromatic nitrogens is 1. The highest BCUT2D eigenvalue weighted by atomic mass is 19.2. The number of fused-ring (bicyclic) bond motifs is 1. The summed E-state index contributed by atoms with van der Waals surface area (Å²) in [6.07, 6.45) is -0.973. The van der Waals surface area contributed by atoms with Crippen LogP contribution >= 0.6 is 0 Å². The zero-order chi connectivity index (χ0) is 18.1. The van der Waals surface area contributed by atoms with Crippen molar-refractivity contribution in [1.82, 2.24) is 5.16 Å². The number of hydrogen-bond acceptors (Lipinski definition) is 6. The fourth-order valence-electron chi connectivity index (χ4n) is 2.93. The molecule has 1 unspecified atom stereocenters. The Morgan fingerprint density at radius 2 is 1.88 bits per heavy atom. The second-order valence-corrected chi connectivity index (χ2v) is 5.87. The van der Waals surface area contributed by atoms with Crippen molar-refractivity contribution in [2.75, 3.05) is 25.1 Å². The predicted octanol–water partition coefficient (Wildman–Crippen LogP) is 3.30. The van der Waals surface area contributed by atoms with Crippen molar-refractivity contribution < 1.29 is 27.9 Å². The summed E-state index contributed by atoms with van der Waals surface area (Å²) >= 11 is 0. The molecule has 136 valence electrons. The second-order valence-electron chi connectivity index (χ2n) is 5.87. The van der Waals surface area contributed by atoms with Crippen molar-refractivity contribution in [3.63, 3.8) is 0 Å². The topological polar surface area (TPSA) is 76.8 Å². The molecule has 0 radical (unpaired) electrons. The number of benzene rings is 2. The van der Waals surface area contributed by atoms with Crippen molar-refractivity contribution in [1.29, 1.82) is 0 Å². The van der Waals surface area contributed by atoms with Crippen LogP contribution in [0.1, 0.15) is 23.5 Å². The molecule has 1 atom stereocenters. The van der Waals surface area contributed by atoms with E-state index in [-0.39, 0.29) is 29.0 Å². The number of hydrogen-bond donors (Lipinski definition) is 2. The van der Waals surface area contributed by atoms with Crippen LogP contribution in [0.5, 0.6) is 0 Å². The minimum absolute atomic E-state index is 0.0565. The molecule has 0 saturated carbocycles. The lowest BCUT2D eigenvalue weighted by Crippen LogP contribution is -2.15. The van der Waals surface area contributed by atoms with Gasteiger partial charge in [-0.15, -0.1) is 0 Å². The van der Waals surface area contributed by atoms with Gasteiger partial charge in [0.05, 0.1) is 31.2 Å². The van der Waals surface area contributed by atoms with Crippen LogP contribution in [0.3, 0.4) is 0 Å². The first-order valence-electron chi connectivity index (χ1n) is 8.12. The molecule has 0 amide bonds. The van der Waals surface area contributed by atoms with E-state index >= 15 is 0 Å². The van der Waals surface area contributed by atoms with Crippen LogP contribution in [0, 0.1) is 11.6 Å². The summed E-state index contributed by atoms with van der Waals surface area (Å²) in [6, 6.07) is 10.1. The Balaban J connectivity index is 1.73. The zero-order valence-corrected chi connectivity index (χ0v) is 13.6. The van der Waals surface area contributed by atoms with Crippen LogP contribution < -0.4 is 5.32 Å². The van der Waals surface area contributed by atoms with Gasteiger partial charge in [-0.05, 0) is 11.6 Å². The molecule has 1 aliphatic heterocycles. The lowest BCUT2D eigenvalue weighted by molar-refractivity contribution is -0.0467. The third kappa shape index (κ3) is 2.92. The van der Waals surface area contributed by atoms with Crippen LogP contribution in [0.4, 0.5) is 14.6 Å². The Hall–Kier alpha value is -2.55. The molecule has 1 aromatic heterocycles. The van der Waals surface area contributed by atoms with Crippen LogP contribution in [-0.2, 0) is 9.47 Å². The van der Waals surface area contributed by atoms with Gasteiger partial charge in [0.25, 0.3) is 0 Å². The van der Waals surface area contributed by atoms with E-state index in [0.29, 0.717) is 13.2 Å². The summed E-state index contributed by atoms with van der Waals surface area (Å²) in [4.78, 5) is 0. The standard InChI is InChI=1S/C18H16F2N2O4/c19-14-11(18-24-6-7-25-18)8-12-16(15(14)20)26-22-17(12)21-13(9-23)10-4-2-1-3-5-10/h1-5,8,13,18,23H,6-7,9H2,(H,21,22). The van der Waals surface area contributed by atoms with Gasteiger partial charge in [-0.25, -0.2) is 4.39 Å². The number of aliphatic hydroxyl groups excluding tert-OH is 1. The van der Waals surface area contributed by atoms with Gasteiger partial charge in [-0.1, -0.05) is 35.5 Å². The van der Waals surface area contributed by atoms with E-state index in [1.165, 1.54) is 6.07 Å². The number of nitrogens with one attached hydrogen (secondary N) is 1. The lowest BCUT2D eigenvalue weighted by atomic mass is 10.1. The van der Waals surface area contributed by atoms with Crippen molar-refractivity contribution in [3.05, 3.63) is 59.2 Å². The van der Waals surface area contributed by atoms with Gasteiger partial charge in [-0.2, -0.15) is 4.39 Å². The Morgan fingerprint density at radius 1 is 1.15 bits per heavy atom. The van der Waals surface area contributed by atoms with E-state index in [9.17, 15) is 13.9 Å². The SMILES string of the molecule is OCC(Nc1noc2c(F)c(F)c(C3OCCO3)cc12)c1ccccc1. The number of anilines is 1. The molecule has 3 aromatic rings. The fraction of sp³-hybridized carbons (Fsp3) is 0.278. The lowest BCUT2D eigenvalue weighted by Gasteiger charge is -2.16. The Labute approximate surface area is 147 Å². The first-order valence-corrected chi connectivity index (χ1v) is 8.12. The molecule has 1 fully saturated rings. The minimum Gasteiger partial charge on any atom is -0.394 e. The molecule has 8 heteroatoms. The minimum atomic E-state index is -1.16. The van der Waals surface area contributed by atoms with Gasteiger partial charge in [0.2, 0.25) is 11.4 Å². The second kappa shape index (κ2) is 6.99. The van der Waals surface area contributed by atoms with Crippen molar-refractivity contribution in [2.45, 2.75) is 12.3 Å². The summed E-state index contributed by atoms with van der Waals surface area (Å²) in [5, 5.41) is 16.7. The number of aliphatic hydroxyl groups is 1. The highest BCUT2D eigenvalue weighted by Gasteiger charge is 2.28. The largest absolute Gasteiger partial charge is 0.394 e. The van der Waals surface area contributed by atoms with E-state index in [0.717, 1.165) is 5.56 Å². The molecule has 0 spiro atoms. The van der Waals surface area contributed by atoms with Crippen LogP contribution in [-0.4, -0.2) is 30.1 Å². The first-order chi connectivity index (χ1) is 12.7. The predicted molar refractivity (Wildman–Crippen MR) is 88.5 cm³/mol. The summed E-state index contributed by atoms with van der Waals surface area (Å²) in [6.45, 7) is 0.391. The van der Waals surface area contributed by atoms with Gasteiger partial charge < -0.3 is 24.4 Å². The number of halogens is 2. The van der Waals surface area contributed by atoms with Gasteiger partial charge >= 0.3 is 0 Å². The van der Waals surface area contributed by atoms with Gasteiger partial charge in [0, 0.05) is 5.56 Å². The third-order valence-corrected chi connectivity index (χ3v) is 4.24. The van der Waals surface area contributed by atoms with Gasteiger partial charge in [-0.3, -0.25) is 0 Å². The molecule has 6 nitrogen and oxygen atoms in total. The van der Waals surface area contributed by atoms with E-state index < -0.39 is 24.0 Å². The zero-order valence-electron chi connectivity index (χ0n) is 13.6. The maximum Gasteiger partial charge on any atom is 0.207 e. The number of nitrogens with zero attached hydrogens (tertiary/aromatic N) is 1. The number of rotatable bonds is 5. The molecule has 26 heavy (non-hydrogen) atoms. The summed E-state index contributed by atoms with van der Waals surface area (Å²) in [5.41, 5.74) is 0.451. The third-order valence-electron chi connectivity index (χ3n) is 4.24. The average Bonchev–Trinajstić information content (AvgIpc) is 3.33. The highest BCUT2D eigenvalue weighted by Crippen LogP contribution is 2.35. The summed E-state index contributed by atoms with van der Waals surface area (Å²) in [7, 11) is 0. The highest BCUT2D eigenvalue weighted by molar-refractivity contribution is 5.89. The summed E-state index contributed by atoms with van der Waals surface area (Å²) < 4.78 is 44.2. The molecular formula is C18H16F2N2O4. The maximum atomic E-state index is 14.4. The van der Waals surface area contributed by atoms with E-state index in [1.807, 2.05) is 30.3 Å². The van der Waals surface area contributed by atoms with E-state index in [4.69, 9.17) is 14.0 Å². The molecule has 0 aliphatic carbocycles. The quantitative estimate of drug-likeness (QED) is 0.725. The molecule has 1 saturated heterocycles. The molecule has 2 aromatic carbocycles. The average molecular weight is 362 g/mol. The molecule has 2 heterocycles. The van der Waals surface area contributed by atoms with Crippen molar-refractivity contribution in [3.8, 4) is 0 Å².